The topological polar surface area (TPSA) is 79.3 Å². The number of carbonyl (C=O) groups is 1. The Labute approximate surface area is 96.2 Å². The van der Waals surface area contributed by atoms with Crippen molar-refractivity contribution in [2.24, 2.45) is 11.7 Å². The van der Waals surface area contributed by atoms with Crippen molar-refractivity contribution in [3.05, 3.63) is 0 Å². The summed E-state index contributed by atoms with van der Waals surface area (Å²) >= 11 is 0. The van der Waals surface area contributed by atoms with E-state index in [4.69, 9.17) is 15.7 Å². The van der Waals surface area contributed by atoms with Gasteiger partial charge in [0, 0.05) is 25.6 Å². The van der Waals surface area contributed by atoms with Gasteiger partial charge in [0.25, 0.3) is 0 Å². The van der Waals surface area contributed by atoms with Gasteiger partial charge in [-0.25, -0.2) is 0 Å². The SMILES string of the molecule is CCOC(=O)CC1CC(N)CN(CC#N)C1. The predicted octanol–water partition coefficient (Wildman–Crippen LogP) is 0.112. The summed E-state index contributed by atoms with van der Waals surface area (Å²) < 4.78 is 4.91. The minimum atomic E-state index is -0.168. The molecule has 1 fully saturated rings. The Morgan fingerprint density at radius 3 is 3.00 bits per heavy atom. The average molecular weight is 225 g/mol. The minimum absolute atomic E-state index is 0.0570. The molecule has 5 heteroatoms. The van der Waals surface area contributed by atoms with Gasteiger partial charge in [-0.05, 0) is 19.3 Å². The number of nitrogens with two attached hydrogens (primary N) is 1. The maximum atomic E-state index is 11.3. The highest BCUT2D eigenvalue weighted by Gasteiger charge is 2.26. The van der Waals surface area contributed by atoms with E-state index >= 15 is 0 Å². The van der Waals surface area contributed by atoms with Crippen LogP contribution in [0.25, 0.3) is 0 Å². The molecule has 5 nitrogen and oxygen atoms in total. The summed E-state index contributed by atoms with van der Waals surface area (Å²) in [5.41, 5.74) is 5.89. The zero-order valence-electron chi connectivity index (χ0n) is 9.69. The third kappa shape index (κ3) is 4.17. The van der Waals surface area contributed by atoms with Gasteiger partial charge in [-0.2, -0.15) is 5.26 Å². The molecule has 1 aliphatic rings. The first kappa shape index (κ1) is 12.9. The predicted molar refractivity (Wildman–Crippen MR) is 59.4 cm³/mol. The highest BCUT2D eigenvalue weighted by molar-refractivity contribution is 5.69. The molecule has 16 heavy (non-hydrogen) atoms. The number of piperidine rings is 1. The second-order valence-electron chi connectivity index (χ2n) is 4.22. The van der Waals surface area contributed by atoms with Crippen LogP contribution in [0.15, 0.2) is 0 Å². The molecule has 1 saturated heterocycles. The van der Waals surface area contributed by atoms with Crippen molar-refractivity contribution in [2.45, 2.75) is 25.8 Å². The summed E-state index contributed by atoms with van der Waals surface area (Å²) in [5, 5.41) is 8.63. The zero-order chi connectivity index (χ0) is 12.0. The third-order valence-corrected chi connectivity index (χ3v) is 2.70. The third-order valence-electron chi connectivity index (χ3n) is 2.70. The van der Waals surface area contributed by atoms with E-state index in [0.717, 1.165) is 19.5 Å². The summed E-state index contributed by atoms with van der Waals surface area (Å²) in [6.07, 6.45) is 1.24. The quantitative estimate of drug-likeness (QED) is 0.542. The molecule has 90 valence electrons. The molecule has 0 saturated carbocycles. The van der Waals surface area contributed by atoms with Crippen molar-refractivity contribution in [2.75, 3.05) is 26.2 Å². The van der Waals surface area contributed by atoms with Crippen molar-refractivity contribution in [3.63, 3.8) is 0 Å². The van der Waals surface area contributed by atoms with Crippen molar-refractivity contribution in [1.82, 2.24) is 4.90 Å². The van der Waals surface area contributed by atoms with E-state index in [2.05, 4.69) is 6.07 Å². The van der Waals surface area contributed by atoms with Gasteiger partial charge in [0.1, 0.15) is 0 Å². The molecule has 0 spiro atoms. The van der Waals surface area contributed by atoms with E-state index < -0.39 is 0 Å². The van der Waals surface area contributed by atoms with E-state index in [1.165, 1.54) is 0 Å². The lowest BCUT2D eigenvalue weighted by molar-refractivity contribution is -0.144. The van der Waals surface area contributed by atoms with Crippen LogP contribution in [0, 0.1) is 17.2 Å². The molecule has 0 aliphatic carbocycles. The van der Waals surface area contributed by atoms with Crippen LogP contribution in [-0.4, -0.2) is 43.2 Å². The molecule has 2 unspecified atom stereocenters. The first-order valence-electron chi connectivity index (χ1n) is 5.66. The summed E-state index contributed by atoms with van der Waals surface area (Å²) in [6.45, 7) is 4.10. The largest absolute Gasteiger partial charge is 0.466 e. The first-order chi connectivity index (χ1) is 7.65. The molecule has 2 atom stereocenters. The van der Waals surface area contributed by atoms with E-state index in [-0.39, 0.29) is 17.9 Å². The fourth-order valence-corrected chi connectivity index (χ4v) is 2.18. The normalized spacial score (nSPS) is 26.1. The molecule has 1 heterocycles. The van der Waals surface area contributed by atoms with Crippen molar-refractivity contribution in [3.8, 4) is 6.07 Å². The van der Waals surface area contributed by atoms with Crippen LogP contribution in [-0.2, 0) is 9.53 Å². The van der Waals surface area contributed by atoms with E-state index in [0.29, 0.717) is 19.6 Å². The number of rotatable bonds is 4. The number of esters is 1. The number of nitriles is 1. The molecule has 0 bridgehead atoms. The molecule has 1 aliphatic heterocycles. The van der Waals surface area contributed by atoms with Crippen LogP contribution in [0.1, 0.15) is 19.8 Å². The number of hydrogen-bond acceptors (Lipinski definition) is 5. The van der Waals surface area contributed by atoms with E-state index in [1.807, 2.05) is 4.90 Å². The van der Waals surface area contributed by atoms with Gasteiger partial charge in [0.15, 0.2) is 0 Å². The van der Waals surface area contributed by atoms with Gasteiger partial charge in [0.2, 0.25) is 0 Å². The molecule has 2 N–H and O–H groups in total. The van der Waals surface area contributed by atoms with Crippen LogP contribution in [0.3, 0.4) is 0 Å². The van der Waals surface area contributed by atoms with Crippen molar-refractivity contribution >= 4 is 5.97 Å². The van der Waals surface area contributed by atoms with Gasteiger partial charge in [-0.1, -0.05) is 0 Å². The Balaban J connectivity index is 2.41. The number of hydrogen-bond donors (Lipinski definition) is 1. The lowest BCUT2D eigenvalue weighted by atomic mass is 9.92. The fourth-order valence-electron chi connectivity index (χ4n) is 2.18. The Kier molecular flexibility index (Phi) is 5.23. The second kappa shape index (κ2) is 6.46. The zero-order valence-corrected chi connectivity index (χ0v) is 9.69. The minimum Gasteiger partial charge on any atom is -0.466 e. The summed E-state index contributed by atoms with van der Waals surface area (Å²) in [4.78, 5) is 13.3. The van der Waals surface area contributed by atoms with E-state index in [1.54, 1.807) is 6.92 Å². The Hall–Kier alpha value is -1.12. The molecular formula is C11H19N3O2. The van der Waals surface area contributed by atoms with Crippen LogP contribution in [0.5, 0.6) is 0 Å². The molecule has 0 radical (unpaired) electrons. The number of carbonyl (C=O) groups excluding carboxylic acids is 1. The van der Waals surface area contributed by atoms with E-state index in [9.17, 15) is 4.79 Å². The van der Waals surface area contributed by atoms with Gasteiger partial charge in [-0.15, -0.1) is 0 Å². The number of nitrogens with zero attached hydrogens (tertiary/aromatic N) is 2. The molecule has 0 aromatic carbocycles. The Morgan fingerprint density at radius 1 is 1.62 bits per heavy atom. The second-order valence-corrected chi connectivity index (χ2v) is 4.22. The monoisotopic (exact) mass is 225 g/mol. The van der Waals surface area contributed by atoms with Gasteiger partial charge in [0.05, 0.1) is 19.2 Å². The highest BCUT2D eigenvalue weighted by Crippen LogP contribution is 2.19. The average Bonchev–Trinajstić information content (AvgIpc) is 2.17. The standard InChI is InChI=1S/C11H19N3O2/c1-2-16-11(15)6-9-5-10(13)8-14(7-9)4-3-12/h9-10H,2,4-8,13H2,1H3. The molecule has 0 amide bonds. The lowest BCUT2D eigenvalue weighted by Gasteiger charge is -2.34. The maximum Gasteiger partial charge on any atom is 0.306 e. The first-order valence-corrected chi connectivity index (χ1v) is 5.66. The summed E-state index contributed by atoms with van der Waals surface area (Å²) in [6, 6.07) is 2.17. The van der Waals surface area contributed by atoms with Gasteiger partial charge < -0.3 is 10.5 Å². The lowest BCUT2D eigenvalue weighted by Crippen LogP contribution is -2.47. The fraction of sp³-hybridized carbons (Fsp3) is 0.818. The summed E-state index contributed by atoms with van der Waals surface area (Å²) in [7, 11) is 0. The van der Waals surface area contributed by atoms with Crippen molar-refractivity contribution < 1.29 is 9.53 Å². The smallest absolute Gasteiger partial charge is 0.306 e. The van der Waals surface area contributed by atoms with Gasteiger partial charge in [-0.3, -0.25) is 9.69 Å². The summed E-state index contributed by atoms with van der Waals surface area (Å²) in [5.74, 6) is 0.0506. The maximum absolute atomic E-state index is 11.3. The molecule has 1 rings (SSSR count). The highest BCUT2D eigenvalue weighted by atomic mass is 16.5. The number of likely N-dealkylation sites (tertiary alicyclic amines) is 1. The van der Waals surface area contributed by atoms with Crippen LogP contribution in [0.4, 0.5) is 0 Å². The molecular weight excluding hydrogens is 206 g/mol. The number of ether oxygens (including phenoxy) is 1. The van der Waals surface area contributed by atoms with Gasteiger partial charge >= 0.3 is 5.97 Å². The molecule has 0 aromatic heterocycles. The van der Waals surface area contributed by atoms with Crippen LogP contribution >= 0.6 is 0 Å². The van der Waals surface area contributed by atoms with Crippen LogP contribution < -0.4 is 5.73 Å². The molecule has 0 aromatic rings. The Bertz CT molecular complexity index is 275. The van der Waals surface area contributed by atoms with Crippen molar-refractivity contribution in [1.29, 1.82) is 5.26 Å². The van der Waals surface area contributed by atoms with Crippen LogP contribution in [0.2, 0.25) is 0 Å². The Morgan fingerprint density at radius 2 is 2.38 bits per heavy atom.